The minimum Gasteiger partial charge on any atom is -0.497 e. The molecule has 0 spiro atoms. The van der Waals surface area contributed by atoms with E-state index < -0.39 is 0 Å². The van der Waals surface area contributed by atoms with E-state index in [0.717, 1.165) is 29.2 Å². The van der Waals surface area contributed by atoms with Gasteiger partial charge in [-0.25, -0.2) is 0 Å². The predicted molar refractivity (Wildman–Crippen MR) is 71.7 cm³/mol. The number of nitrogens with two attached hydrogens (primary N) is 1. The molecule has 1 unspecified atom stereocenters. The molecule has 2 N–H and O–H groups in total. The fraction of sp³-hybridized carbons (Fsp3) is 0.357. The molecule has 96 valence electrons. The second-order valence-corrected chi connectivity index (χ2v) is 4.55. The molecule has 2 aromatic rings. The molecule has 4 heteroatoms. The van der Waals surface area contributed by atoms with E-state index in [0.29, 0.717) is 0 Å². The molecule has 0 saturated carbocycles. The zero-order chi connectivity index (χ0) is 13.1. The van der Waals surface area contributed by atoms with Crippen LogP contribution in [0.5, 0.6) is 5.75 Å². The predicted octanol–water partition coefficient (Wildman–Crippen LogP) is 2.27. The highest BCUT2D eigenvalue weighted by Crippen LogP contribution is 2.15. The van der Waals surface area contributed by atoms with Crippen LogP contribution in [0.4, 0.5) is 0 Å². The van der Waals surface area contributed by atoms with Crippen LogP contribution in [0.2, 0.25) is 0 Å². The molecule has 4 nitrogen and oxygen atoms in total. The summed E-state index contributed by atoms with van der Waals surface area (Å²) in [5, 5.41) is 0. The Kier molecular flexibility index (Phi) is 3.67. The molecule has 2 rings (SSSR count). The van der Waals surface area contributed by atoms with E-state index in [2.05, 4.69) is 15.7 Å². The summed E-state index contributed by atoms with van der Waals surface area (Å²) in [4.78, 5) is 4.50. The van der Waals surface area contributed by atoms with Gasteiger partial charge in [0.2, 0.25) is 0 Å². The van der Waals surface area contributed by atoms with Crippen LogP contribution in [0.1, 0.15) is 29.9 Å². The maximum Gasteiger partial charge on any atom is 0.122 e. The Hall–Kier alpha value is -1.81. The lowest BCUT2D eigenvalue weighted by Crippen LogP contribution is -2.04. The largest absolute Gasteiger partial charge is 0.497 e. The highest BCUT2D eigenvalue weighted by Gasteiger charge is 2.04. The molecule has 0 radical (unpaired) electrons. The normalized spacial score (nSPS) is 12.4. The molecular formula is C14H19N3O. The lowest BCUT2D eigenvalue weighted by Gasteiger charge is -2.07. The van der Waals surface area contributed by atoms with Crippen molar-refractivity contribution < 1.29 is 4.74 Å². The second-order valence-electron chi connectivity index (χ2n) is 4.55. The van der Waals surface area contributed by atoms with Gasteiger partial charge in [-0.3, -0.25) is 4.98 Å². The van der Waals surface area contributed by atoms with Gasteiger partial charge in [0.15, 0.2) is 0 Å². The minimum absolute atomic E-state index is 0.0613. The summed E-state index contributed by atoms with van der Waals surface area (Å²) in [6.07, 6.45) is 4.08. The van der Waals surface area contributed by atoms with Gasteiger partial charge in [-0.15, -0.1) is 0 Å². The average Bonchev–Trinajstić information content (AvgIpc) is 2.76. The van der Waals surface area contributed by atoms with Gasteiger partial charge in [0, 0.05) is 36.3 Å². The number of hydrogen-bond donors (Lipinski definition) is 1. The number of hydrogen-bond acceptors (Lipinski definition) is 3. The van der Waals surface area contributed by atoms with E-state index in [4.69, 9.17) is 10.5 Å². The number of aromatic nitrogens is 2. The molecule has 2 aromatic heterocycles. The van der Waals surface area contributed by atoms with Crippen LogP contribution >= 0.6 is 0 Å². The Balaban J connectivity index is 2.19. The monoisotopic (exact) mass is 245 g/mol. The highest BCUT2D eigenvalue weighted by atomic mass is 16.5. The van der Waals surface area contributed by atoms with E-state index in [-0.39, 0.29) is 6.04 Å². The number of ether oxygens (including phenoxy) is 1. The maximum atomic E-state index is 5.84. The van der Waals surface area contributed by atoms with Gasteiger partial charge in [-0.1, -0.05) is 0 Å². The lowest BCUT2D eigenvalue weighted by atomic mass is 10.2. The molecule has 18 heavy (non-hydrogen) atoms. The summed E-state index contributed by atoms with van der Waals surface area (Å²) < 4.78 is 7.33. The SMILES string of the molecule is COc1cc(C)nc(Cn2ccc(C(C)N)c2)c1. The van der Waals surface area contributed by atoms with Crippen molar-refractivity contribution in [2.75, 3.05) is 7.11 Å². The fourth-order valence-electron chi connectivity index (χ4n) is 1.92. The Morgan fingerprint density at radius 3 is 2.83 bits per heavy atom. The van der Waals surface area contributed by atoms with Crippen LogP contribution < -0.4 is 10.5 Å². The van der Waals surface area contributed by atoms with Crippen molar-refractivity contribution in [3.8, 4) is 5.75 Å². The van der Waals surface area contributed by atoms with Gasteiger partial charge in [0.05, 0.1) is 19.3 Å². The number of pyridine rings is 1. The van der Waals surface area contributed by atoms with Crippen molar-refractivity contribution in [3.05, 3.63) is 47.5 Å². The van der Waals surface area contributed by atoms with Crippen LogP contribution in [-0.2, 0) is 6.54 Å². The minimum atomic E-state index is 0.0613. The molecule has 2 heterocycles. The summed E-state index contributed by atoms with van der Waals surface area (Å²) >= 11 is 0. The standard InChI is InChI=1S/C14H19N3O/c1-10-6-14(18-3)7-13(16-10)9-17-5-4-12(8-17)11(2)15/h4-8,11H,9,15H2,1-3H3. The number of nitrogens with zero attached hydrogens (tertiary/aromatic N) is 2. The van der Waals surface area contributed by atoms with Crippen LogP contribution in [-0.4, -0.2) is 16.7 Å². The van der Waals surface area contributed by atoms with E-state index in [1.165, 1.54) is 0 Å². The van der Waals surface area contributed by atoms with Crippen LogP contribution in [0.3, 0.4) is 0 Å². The molecule has 0 aliphatic heterocycles. The first-order valence-electron chi connectivity index (χ1n) is 6.01. The van der Waals surface area contributed by atoms with E-state index in [9.17, 15) is 0 Å². The van der Waals surface area contributed by atoms with Crippen molar-refractivity contribution in [1.82, 2.24) is 9.55 Å². The second kappa shape index (κ2) is 5.23. The summed E-state index contributed by atoms with van der Waals surface area (Å²) in [7, 11) is 1.67. The first kappa shape index (κ1) is 12.6. The average molecular weight is 245 g/mol. The molecule has 0 fully saturated rings. The van der Waals surface area contributed by atoms with Crippen molar-refractivity contribution in [3.63, 3.8) is 0 Å². The number of rotatable bonds is 4. The van der Waals surface area contributed by atoms with Crippen LogP contribution in [0, 0.1) is 6.92 Å². The van der Waals surface area contributed by atoms with Crippen molar-refractivity contribution in [1.29, 1.82) is 0 Å². The fourth-order valence-corrected chi connectivity index (χ4v) is 1.92. The van der Waals surface area contributed by atoms with Crippen molar-refractivity contribution in [2.45, 2.75) is 26.4 Å². The van der Waals surface area contributed by atoms with E-state index in [1.54, 1.807) is 7.11 Å². The Labute approximate surface area is 107 Å². The van der Waals surface area contributed by atoms with E-state index >= 15 is 0 Å². The topological polar surface area (TPSA) is 53.1 Å². The van der Waals surface area contributed by atoms with Gasteiger partial charge in [0.25, 0.3) is 0 Å². The third-order valence-electron chi connectivity index (χ3n) is 2.86. The van der Waals surface area contributed by atoms with Gasteiger partial charge < -0.3 is 15.0 Å². The van der Waals surface area contributed by atoms with Gasteiger partial charge in [-0.2, -0.15) is 0 Å². The smallest absolute Gasteiger partial charge is 0.122 e. The summed E-state index contributed by atoms with van der Waals surface area (Å²) in [5.74, 6) is 0.845. The molecule has 0 aliphatic carbocycles. The Morgan fingerprint density at radius 2 is 2.22 bits per heavy atom. The number of methoxy groups -OCH3 is 1. The summed E-state index contributed by atoms with van der Waals surface area (Å²) in [6.45, 7) is 4.67. The van der Waals surface area contributed by atoms with Crippen LogP contribution in [0.15, 0.2) is 30.6 Å². The zero-order valence-electron chi connectivity index (χ0n) is 11.1. The lowest BCUT2D eigenvalue weighted by molar-refractivity contribution is 0.413. The molecule has 0 aliphatic rings. The van der Waals surface area contributed by atoms with Gasteiger partial charge in [-0.05, 0) is 25.5 Å². The van der Waals surface area contributed by atoms with Crippen LogP contribution in [0.25, 0.3) is 0 Å². The molecular weight excluding hydrogens is 226 g/mol. The first-order valence-corrected chi connectivity index (χ1v) is 6.01. The number of aryl methyl sites for hydroxylation is 1. The summed E-state index contributed by atoms with van der Waals surface area (Å²) in [6, 6.07) is 5.98. The summed E-state index contributed by atoms with van der Waals surface area (Å²) in [5.41, 5.74) is 8.92. The Bertz CT molecular complexity index is 532. The highest BCUT2D eigenvalue weighted by molar-refractivity contribution is 5.27. The molecule has 1 atom stereocenters. The third-order valence-corrected chi connectivity index (χ3v) is 2.86. The van der Waals surface area contributed by atoms with Gasteiger partial charge in [0.1, 0.15) is 5.75 Å². The molecule has 0 bridgehead atoms. The van der Waals surface area contributed by atoms with E-state index in [1.807, 2.05) is 38.2 Å². The quantitative estimate of drug-likeness (QED) is 0.899. The van der Waals surface area contributed by atoms with Crippen molar-refractivity contribution in [2.24, 2.45) is 5.73 Å². The Morgan fingerprint density at radius 1 is 1.44 bits per heavy atom. The zero-order valence-corrected chi connectivity index (χ0v) is 11.1. The molecule has 0 aromatic carbocycles. The first-order chi connectivity index (χ1) is 8.58. The molecule has 0 saturated heterocycles. The van der Waals surface area contributed by atoms with Crippen molar-refractivity contribution >= 4 is 0 Å². The molecule has 0 amide bonds. The third kappa shape index (κ3) is 2.90. The van der Waals surface area contributed by atoms with Gasteiger partial charge >= 0.3 is 0 Å². The maximum absolute atomic E-state index is 5.84.